The summed E-state index contributed by atoms with van der Waals surface area (Å²) in [5.41, 5.74) is 1.70. The third-order valence-corrected chi connectivity index (χ3v) is 14.4. The molecule has 2 nitrogen and oxygen atoms in total. The van der Waals surface area contributed by atoms with E-state index in [0.717, 1.165) is 12.8 Å². The number of nitrogens with zero attached hydrogens (tertiary/aromatic N) is 1. The van der Waals surface area contributed by atoms with Crippen molar-refractivity contribution >= 4 is 24.6 Å². The molecule has 1 aromatic rings. The summed E-state index contributed by atoms with van der Waals surface area (Å²) in [4.78, 5) is 1.37. The Morgan fingerprint density at radius 2 is 1.61 bits per heavy atom. The summed E-state index contributed by atoms with van der Waals surface area (Å²) in [5, 5.41) is 13.8. The number of rotatable bonds is 5. The molecule has 0 saturated carbocycles. The van der Waals surface area contributed by atoms with Crippen molar-refractivity contribution < 1.29 is 4.74 Å². The third kappa shape index (κ3) is 2.92. The molecule has 1 aliphatic rings. The van der Waals surface area contributed by atoms with Crippen LogP contribution in [-0.2, 0) is 10.2 Å². The summed E-state index contributed by atoms with van der Waals surface area (Å²) in [6, 6.07) is 5.06. The van der Waals surface area contributed by atoms with Crippen LogP contribution in [0.1, 0.15) is 59.3 Å². The molecule has 0 radical (unpaired) electrons. The van der Waals surface area contributed by atoms with E-state index >= 15 is 0 Å². The minimum absolute atomic E-state index is 0.321. The van der Waals surface area contributed by atoms with Gasteiger partial charge in [-0.15, -0.1) is 11.3 Å². The lowest BCUT2D eigenvalue weighted by Gasteiger charge is -2.45. The lowest BCUT2D eigenvalue weighted by molar-refractivity contribution is 0.0687. The zero-order valence-electron chi connectivity index (χ0n) is 15.5. The SMILES string of the molecule is CC(C)[Si](c1ccsc1C1(C#N)CCOCC1)(C(C)C)C(C)C. The van der Waals surface area contributed by atoms with E-state index < -0.39 is 8.07 Å². The fourth-order valence-electron chi connectivity index (χ4n) is 5.06. The first-order chi connectivity index (χ1) is 10.8. The second-order valence-corrected chi connectivity index (χ2v) is 14.7. The van der Waals surface area contributed by atoms with Gasteiger partial charge in [0.25, 0.3) is 0 Å². The monoisotopic (exact) mass is 349 g/mol. The highest BCUT2D eigenvalue weighted by atomic mass is 32.1. The molecule has 0 aromatic carbocycles. The minimum atomic E-state index is -1.72. The Kier molecular flexibility index (Phi) is 5.76. The lowest BCUT2D eigenvalue weighted by atomic mass is 9.80. The Hall–Kier alpha value is -0.633. The van der Waals surface area contributed by atoms with Gasteiger partial charge in [0.05, 0.1) is 19.6 Å². The van der Waals surface area contributed by atoms with Crippen molar-refractivity contribution in [1.29, 1.82) is 5.26 Å². The molecule has 128 valence electrons. The molecule has 0 atom stereocenters. The molecule has 1 aromatic heterocycles. The molecule has 23 heavy (non-hydrogen) atoms. The Morgan fingerprint density at radius 3 is 2.04 bits per heavy atom. The van der Waals surface area contributed by atoms with Crippen molar-refractivity contribution in [1.82, 2.24) is 0 Å². The van der Waals surface area contributed by atoms with Crippen LogP contribution in [0.5, 0.6) is 0 Å². The van der Waals surface area contributed by atoms with Gasteiger partial charge in [0.1, 0.15) is 0 Å². The molecule has 2 heterocycles. The fourth-order valence-corrected chi connectivity index (χ4v) is 13.8. The summed E-state index contributed by atoms with van der Waals surface area (Å²) >= 11 is 1.82. The maximum absolute atomic E-state index is 10.0. The predicted molar refractivity (Wildman–Crippen MR) is 102 cm³/mol. The fraction of sp³-hybridized carbons (Fsp3) is 0.737. The van der Waals surface area contributed by atoms with Crippen molar-refractivity contribution in [3.8, 4) is 6.07 Å². The first kappa shape index (κ1) is 18.7. The largest absolute Gasteiger partial charge is 0.381 e. The van der Waals surface area contributed by atoms with Gasteiger partial charge < -0.3 is 4.74 Å². The van der Waals surface area contributed by atoms with Crippen LogP contribution in [0.15, 0.2) is 11.4 Å². The van der Waals surface area contributed by atoms with Crippen molar-refractivity contribution in [3.05, 3.63) is 16.3 Å². The highest BCUT2D eigenvalue weighted by Gasteiger charge is 2.49. The highest BCUT2D eigenvalue weighted by molar-refractivity contribution is 7.13. The van der Waals surface area contributed by atoms with Gasteiger partial charge in [0.2, 0.25) is 0 Å². The molecule has 4 heteroatoms. The van der Waals surface area contributed by atoms with Crippen LogP contribution in [0.3, 0.4) is 0 Å². The van der Waals surface area contributed by atoms with Crippen LogP contribution in [0, 0.1) is 11.3 Å². The van der Waals surface area contributed by atoms with Crippen molar-refractivity contribution in [2.24, 2.45) is 0 Å². The molecule has 0 amide bonds. The van der Waals surface area contributed by atoms with E-state index in [2.05, 4.69) is 59.1 Å². The molecule has 0 bridgehead atoms. The molecule has 2 rings (SSSR count). The minimum Gasteiger partial charge on any atom is -0.381 e. The zero-order valence-corrected chi connectivity index (χ0v) is 17.3. The van der Waals surface area contributed by atoms with Gasteiger partial charge >= 0.3 is 0 Å². The summed E-state index contributed by atoms with van der Waals surface area (Å²) < 4.78 is 5.56. The summed E-state index contributed by atoms with van der Waals surface area (Å²) in [5.74, 6) is 0. The molecule has 0 unspecified atom stereocenters. The van der Waals surface area contributed by atoms with E-state index in [4.69, 9.17) is 4.74 Å². The van der Waals surface area contributed by atoms with E-state index in [-0.39, 0.29) is 5.41 Å². The van der Waals surface area contributed by atoms with E-state index in [1.165, 1.54) is 4.88 Å². The summed E-state index contributed by atoms with van der Waals surface area (Å²) in [6.45, 7) is 15.8. The molecule has 1 fully saturated rings. The average Bonchev–Trinajstić information content (AvgIpc) is 2.97. The number of hydrogen-bond donors (Lipinski definition) is 0. The van der Waals surface area contributed by atoms with Crippen LogP contribution < -0.4 is 5.19 Å². The summed E-state index contributed by atoms with van der Waals surface area (Å²) in [6.07, 6.45) is 1.69. The topological polar surface area (TPSA) is 33.0 Å². The lowest BCUT2D eigenvalue weighted by Crippen LogP contribution is -2.57. The van der Waals surface area contributed by atoms with Crippen LogP contribution in [0.25, 0.3) is 0 Å². The average molecular weight is 350 g/mol. The Labute approximate surface area is 146 Å². The number of hydrogen-bond acceptors (Lipinski definition) is 3. The second-order valence-electron chi connectivity index (χ2n) is 7.87. The van der Waals surface area contributed by atoms with Crippen LogP contribution in [0.4, 0.5) is 0 Å². The molecule has 1 aliphatic heterocycles. The molecule has 0 aliphatic carbocycles. The van der Waals surface area contributed by atoms with Crippen LogP contribution in [0.2, 0.25) is 16.6 Å². The van der Waals surface area contributed by atoms with Gasteiger partial charge in [-0.2, -0.15) is 5.26 Å². The molecule has 0 spiro atoms. The molecule has 0 N–H and O–H groups in total. The smallest absolute Gasteiger partial charge is 0.0957 e. The molecule has 1 saturated heterocycles. The quantitative estimate of drug-likeness (QED) is 0.684. The van der Waals surface area contributed by atoms with E-state index in [1.54, 1.807) is 5.19 Å². The first-order valence-corrected chi connectivity index (χ1v) is 12.0. The summed E-state index contributed by atoms with van der Waals surface area (Å²) in [7, 11) is -1.72. The van der Waals surface area contributed by atoms with Crippen molar-refractivity contribution in [3.63, 3.8) is 0 Å². The second kappa shape index (κ2) is 7.09. The van der Waals surface area contributed by atoms with Crippen molar-refractivity contribution in [2.75, 3.05) is 13.2 Å². The van der Waals surface area contributed by atoms with Gasteiger partial charge in [-0.1, -0.05) is 47.6 Å². The first-order valence-electron chi connectivity index (χ1n) is 8.90. The Morgan fingerprint density at radius 1 is 1.09 bits per heavy atom. The molecular formula is C19H31NOSSi. The van der Waals surface area contributed by atoms with Gasteiger partial charge in [0, 0.05) is 18.1 Å². The standard InChI is InChI=1S/C19H31NOSSi/c1-14(2)23(15(3)4,16(5)6)17-7-12-22-18(17)19(13-20)8-10-21-11-9-19/h7,12,14-16H,8-11H2,1-6H3. The van der Waals surface area contributed by atoms with Gasteiger partial charge in [-0.3, -0.25) is 0 Å². The van der Waals surface area contributed by atoms with E-state index in [9.17, 15) is 5.26 Å². The van der Waals surface area contributed by atoms with Gasteiger partial charge in [-0.25, -0.2) is 0 Å². The Bertz CT molecular complexity index is 542. The maximum Gasteiger partial charge on any atom is 0.0957 e. The van der Waals surface area contributed by atoms with Crippen molar-refractivity contribution in [2.45, 2.75) is 76.4 Å². The van der Waals surface area contributed by atoms with Crippen LogP contribution in [-0.4, -0.2) is 21.3 Å². The normalized spacial score (nSPS) is 18.6. The van der Waals surface area contributed by atoms with Crippen LogP contribution >= 0.6 is 11.3 Å². The Balaban J connectivity index is 2.65. The number of ether oxygens (including phenoxy) is 1. The number of thiophene rings is 1. The highest BCUT2D eigenvalue weighted by Crippen LogP contribution is 2.45. The third-order valence-electron chi connectivity index (χ3n) is 5.99. The van der Waals surface area contributed by atoms with E-state index in [1.807, 2.05) is 11.3 Å². The maximum atomic E-state index is 10.0. The van der Waals surface area contributed by atoms with E-state index in [0.29, 0.717) is 29.8 Å². The zero-order chi connectivity index (χ0) is 17.3. The number of nitriles is 1. The van der Waals surface area contributed by atoms with Gasteiger partial charge in [0.15, 0.2) is 0 Å². The predicted octanol–water partition coefficient (Wildman–Crippen LogP) is 5.21. The van der Waals surface area contributed by atoms with Gasteiger partial charge in [-0.05, 0) is 40.0 Å². The molecular weight excluding hydrogens is 318 g/mol.